The third-order valence-electron chi connectivity index (χ3n) is 3.89. The second-order valence-corrected chi connectivity index (χ2v) is 6.54. The largest absolute Gasteiger partial charge is 0.341 e. The smallest absolute Gasteiger partial charge is 0.197 e. The van der Waals surface area contributed by atoms with E-state index in [-0.39, 0.29) is 6.04 Å². The van der Waals surface area contributed by atoms with Crippen molar-refractivity contribution in [1.82, 2.24) is 25.1 Å². The van der Waals surface area contributed by atoms with Gasteiger partial charge in [-0.15, -0.1) is 15.0 Å². The molecule has 1 saturated heterocycles. The lowest BCUT2D eigenvalue weighted by molar-refractivity contribution is 0.239. The lowest BCUT2D eigenvalue weighted by atomic mass is 10.0. The number of piperidine rings is 1. The molecule has 1 aliphatic rings. The van der Waals surface area contributed by atoms with Gasteiger partial charge in [0.1, 0.15) is 0 Å². The summed E-state index contributed by atoms with van der Waals surface area (Å²) in [5.41, 5.74) is 0.813. The molecule has 122 valence electrons. The Morgan fingerprint density at radius 3 is 3.00 bits per heavy atom. The molecule has 1 aromatic carbocycles. The quantitative estimate of drug-likeness (QED) is 0.615. The van der Waals surface area contributed by atoms with E-state index in [9.17, 15) is 0 Å². The number of halogens is 1. The molecule has 0 aliphatic carbocycles. The van der Waals surface area contributed by atoms with Crippen LogP contribution in [0, 0.1) is 0 Å². The first-order valence-electron chi connectivity index (χ1n) is 7.56. The van der Waals surface area contributed by atoms with Crippen molar-refractivity contribution in [3.8, 4) is 5.69 Å². The number of thioether (sulfide) groups is 1. The lowest BCUT2D eigenvalue weighted by Crippen LogP contribution is -2.37. The minimum absolute atomic E-state index is 0.128. The van der Waals surface area contributed by atoms with Crippen LogP contribution in [0.4, 0.5) is 0 Å². The number of amidine groups is 1. The average Bonchev–Trinajstić information content (AvgIpc) is 3.06. The Morgan fingerprint density at radius 1 is 1.39 bits per heavy atom. The zero-order chi connectivity index (χ0) is 16.2. The third kappa shape index (κ3) is 3.50. The molecule has 8 heteroatoms. The number of nitrogens with zero attached hydrogens (tertiary/aromatic N) is 6. The van der Waals surface area contributed by atoms with Gasteiger partial charge in [-0.2, -0.15) is 0 Å². The number of tetrazole rings is 1. The molecule has 1 aliphatic heterocycles. The number of likely N-dealkylation sites (tertiary alicyclic amines) is 1. The van der Waals surface area contributed by atoms with Crippen molar-refractivity contribution < 1.29 is 0 Å². The van der Waals surface area contributed by atoms with Crippen LogP contribution in [0.1, 0.15) is 31.1 Å². The van der Waals surface area contributed by atoms with E-state index >= 15 is 0 Å². The van der Waals surface area contributed by atoms with Crippen molar-refractivity contribution in [3.05, 3.63) is 35.1 Å². The summed E-state index contributed by atoms with van der Waals surface area (Å²) in [6.07, 6.45) is 5.39. The van der Waals surface area contributed by atoms with Crippen LogP contribution in [0.2, 0.25) is 5.02 Å². The van der Waals surface area contributed by atoms with E-state index < -0.39 is 0 Å². The Balaban J connectivity index is 1.88. The molecular formula is C15H19ClN6S. The Labute approximate surface area is 144 Å². The summed E-state index contributed by atoms with van der Waals surface area (Å²) >= 11 is 7.69. The molecule has 3 rings (SSSR count). The summed E-state index contributed by atoms with van der Waals surface area (Å²) in [4.78, 5) is 8.21. The highest BCUT2D eigenvalue weighted by atomic mass is 35.5. The van der Waals surface area contributed by atoms with Gasteiger partial charge < -0.3 is 4.90 Å². The summed E-state index contributed by atoms with van der Waals surface area (Å²) in [5, 5.41) is 14.7. The van der Waals surface area contributed by atoms with E-state index in [0.717, 1.165) is 36.1 Å². The van der Waals surface area contributed by atoms with Crippen LogP contribution in [-0.2, 0) is 0 Å². The standard InChI is InChI=1S/C15H19ClN6S/c1-17-15(23-2)21-9-4-3-8-13(21)14-18-20-22(19-14)12-7-5-6-11(16)10-12/h5-7,10,13H,3-4,8-9H2,1-2H3/t13-/m1/s1. The fourth-order valence-corrected chi connectivity index (χ4v) is 3.65. The van der Waals surface area contributed by atoms with Gasteiger partial charge >= 0.3 is 0 Å². The maximum Gasteiger partial charge on any atom is 0.197 e. The second kappa shape index (κ2) is 7.31. The predicted octanol–water partition coefficient (Wildman–Crippen LogP) is 3.19. The Hall–Kier alpha value is -1.60. The molecule has 1 atom stereocenters. The monoisotopic (exact) mass is 350 g/mol. The molecule has 0 amide bonds. The van der Waals surface area contributed by atoms with Gasteiger partial charge in [0.25, 0.3) is 0 Å². The van der Waals surface area contributed by atoms with Crippen molar-refractivity contribution >= 4 is 28.5 Å². The molecule has 1 aromatic heterocycles. The molecule has 6 nitrogen and oxygen atoms in total. The molecule has 0 spiro atoms. The first kappa shape index (κ1) is 16.3. The van der Waals surface area contributed by atoms with Crippen LogP contribution >= 0.6 is 23.4 Å². The Kier molecular flexibility index (Phi) is 5.17. The lowest BCUT2D eigenvalue weighted by Gasteiger charge is -2.35. The highest BCUT2D eigenvalue weighted by Gasteiger charge is 2.29. The van der Waals surface area contributed by atoms with Crippen LogP contribution in [-0.4, -0.2) is 50.1 Å². The molecule has 0 saturated carbocycles. The summed E-state index contributed by atoms with van der Waals surface area (Å²) in [6.45, 7) is 0.976. The molecule has 0 bridgehead atoms. The maximum atomic E-state index is 6.04. The molecule has 0 unspecified atom stereocenters. The minimum atomic E-state index is 0.128. The molecule has 23 heavy (non-hydrogen) atoms. The van der Waals surface area contributed by atoms with E-state index in [1.54, 1.807) is 11.8 Å². The molecule has 0 N–H and O–H groups in total. The van der Waals surface area contributed by atoms with Gasteiger partial charge in [-0.3, -0.25) is 4.99 Å². The second-order valence-electron chi connectivity index (χ2n) is 5.33. The van der Waals surface area contributed by atoms with Gasteiger partial charge in [-0.1, -0.05) is 29.4 Å². The van der Waals surface area contributed by atoms with Crippen molar-refractivity contribution in [2.24, 2.45) is 4.99 Å². The van der Waals surface area contributed by atoms with Crippen LogP contribution in [0.15, 0.2) is 29.3 Å². The van der Waals surface area contributed by atoms with E-state index in [1.165, 1.54) is 11.2 Å². The van der Waals surface area contributed by atoms with E-state index in [0.29, 0.717) is 5.02 Å². The van der Waals surface area contributed by atoms with Gasteiger partial charge in [0.15, 0.2) is 11.0 Å². The first-order chi connectivity index (χ1) is 11.2. The first-order valence-corrected chi connectivity index (χ1v) is 9.16. The maximum absolute atomic E-state index is 6.04. The third-order valence-corrected chi connectivity index (χ3v) is 4.91. The number of aromatic nitrogens is 4. The zero-order valence-corrected chi connectivity index (χ0v) is 14.8. The zero-order valence-electron chi connectivity index (χ0n) is 13.2. The van der Waals surface area contributed by atoms with Gasteiger partial charge in [-0.05, 0) is 48.9 Å². The topological polar surface area (TPSA) is 59.2 Å². The van der Waals surface area contributed by atoms with Crippen molar-refractivity contribution in [2.45, 2.75) is 25.3 Å². The normalized spacial score (nSPS) is 19.2. The highest BCUT2D eigenvalue weighted by Crippen LogP contribution is 2.30. The minimum Gasteiger partial charge on any atom is -0.341 e. The van der Waals surface area contributed by atoms with Crippen molar-refractivity contribution in [2.75, 3.05) is 19.8 Å². The average molecular weight is 351 g/mol. The molecule has 0 radical (unpaired) electrons. The number of hydrogen-bond acceptors (Lipinski definition) is 5. The highest BCUT2D eigenvalue weighted by molar-refractivity contribution is 8.13. The summed E-state index contributed by atoms with van der Waals surface area (Å²) in [7, 11) is 1.83. The van der Waals surface area contributed by atoms with Crippen LogP contribution < -0.4 is 0 Å². The number of benzene rings is 1. The Bertz CT molecular complexity index is 701. The van der Waals surface area contributed by atoms with E-state index in [1.807, 2.05) is 37.6 Å². The predicted molar refractivity (Wildman–Crippen MR) is 94.3 cm³/mol. The SMILES string of the molecule is CN=C(SC)N1CCCC[C@@H]1c1nnn(-c2cccc(Cl)c2)n1. The van der Waals surface area contributed by atoms with Gasteiger partial charge in [-0.25, -0.2) is 0 Å². The van der Waals surface area contributed by atoms with E-state index in [4.69, 9.17) is 11.6 Å². The van der Waals surface area contributed by atoms with Gasteiger partial charge in [0, 0.05) is 18.6 Å². The summed E-state index contributed by atoms with van der Waals surface area (Å²) in [5.74, 6) is 0.736. The summed E-state index contributed by atoms with van der Waals surface area (Å²) < 4.78 is 0. The van der Waals surface area contributed by atoms with Gasteiger partial charge in [0.05, 0.1) is 11.7 Å². The molecule has 1 fully saturated rings. The van der Waals surface area contributed by atoms with Crippen molar-refractivity contribution in [3.63, 3.8) is 0 Å². The van der Waals surface area contributed by atoms with E-state index in [2.05, 4.69) is 25.3 Å². The summed E-state index contributed by atoms with van der Waals surface area (Å²) in [6, 6.07) is 7.57. The van der Waals surface area contributed by atoms with Crippen LogP contribution in [0.3, 0.4) is 0 Å². The van der Waals surface area contributed by atoms with Gasteiger partial charge in [0.2, 0.25) is 0 Å². The molecular weight excluding hydrogens is 332 g/mol. The Morgan fingerprint density at radius 2 is 2.26 bits per heavy atom. The van der Waals surface area contributed by atoms with Crippen LogP contribution in [0.5, 0.6) is 0 Å². The van der Waals surface area contributed by atoms with Crippen molar-refractivity contribution in [1.29, 1.82) is 0 Å². The number of hydrogen-bond donors (Lipinski definition) is 0. The number of aliphatic imine (C=N–C) groups is 1. The molecule has 2 heterocycles. The molecule has 2 aromatic rings. The fourth-order valence-electron chi connectivity index (χ4n) is 2.83. The number of rotatable bonds is 2. The fraction of sp³-hybridized carbons (Fsp3) is 0.467. The van der Waals surface area contributed by atoms with Crippen LogP contribution in [0.25, 0.3) is 5.69 Å².